The predicted molar refractivity (Wildman–Crippen MR) is 119 cm³/mol. The molecule has 32 heavy (non-hydrogen) atoms. The van der Waals surface area contributed by atoms with Gasteiger partial charge >= 0.3 is 5.97 Å². The molecule has 172 valence electrons. The summed E-state index contributed by atoms with van der Waals surface area (Å²) in [5, 5.41) is 9.59. The Labute approximate surface area is 188 Å². The number of carboxylic acids is 1. The fourth-order valence-corrected chi connectivity index (χ4v) is 4.74. The number of rotatable bonds is 10. The summed E-state index contributed by atoms with van der Waals surface area (Å²) in [6, 6.07) is 12.3. The molecule has 6 heteroatoms. The van der Waals surface area contributed by atoms with E-state index in [9.17, 15) is 14.3 Å². The van der Waals surface area contributed by atoms with E-state index < -0.39 is 17.7 Å². The lowest BCUT2D eigenvalue weighted by Gasteiger charge is -2.35. The molecule has 2 aromatic carbocycles. The van der Waals surface area contributed by atoms with Gasteiger partial charge in [0, 0.05) is 12.0 Å². The number of carboxylic acid groups (broad SMARTS) is 1. The molecular weight excluding hydrogens is 411 g/mol. The van der Waals surface area contributed by atoms with E-state index in [4.69, 9.17) is 14.2 Å². The second-order valence-electron chi connectivity index (χ2n) is 9.52. The van der Waals surface area contributed by atoms with Gasteiger partial charge in [0.15, 0.2) is 11.6 Å². The molecule has 4 rings (SSSR count). The quantitative estimate of drug-likeness (QED) is 0.513. The molecule has 0 unspecified atom stereocenters. The highest BCUT2D eigenvalue weighted by Crippen LogP contribution is 2.58. The predicted octanol–water partition coefficient (Wildman–Crippen LogP) is 5.68. The van der Waals surface area contributed by atoms with E-state index >= 15 is 0 Å². The zero-order valence-corrected chi connectivity index (χ0v) is 18.8. The van der Waals surface area contributed by atoms with Crippen LogP contribution in [0.2, 0.25) is 0 Å². The normalized spacial score (nSPS) is 22.9. The first-order chi connectivity index (χ1) is 15.3. The van der Waals surface area contributed by atoms with Crippen molar-refractivity contribution in [1.29, 1.82) is 0 Å². The monoisotopic (exact) mass is 442 g/mol. The Morgan fingerprint density at radius 2 is 1.94 bits per heavy atom. The summed E-state index contributed by atoms with van der Waals surface area (Å²) < 4.78 is 30.9. The van der Waals surface area contributed by atoms with Gasteiger partial charge < -0.3 is 19.3 Å². The first-order valence-corrected chi connectivity index (χ1v) is 11.2. The maximum Gasteiger partial charge on any atom is 0.306 e. The van der Waals surface area contributed by atoms with Crippen LogP contribution in [0.15, 0.2) is 42.5 Å². The summed E-state index contributed by atoms with van der Waals surface area (Å²) >= 11 is 0. The number of ether oxygens (including phenoxy) is 3. The van der Waals surface area contributed by atoms with E-state index in [1.54, 1.807) is 19.1 Å². The van der Waals surface area contributed by atoms with Crippen molar-refractivity contribution in [1.82, 2.24) is 0 Å². The first-order valence-electron chi connectivity index (χ1n) is 11.2. The Morgan fingerprint density at radius 3 is 2.59 bits per heavy atom. The third kappa shape index (κ3) is 4.84. The van der Waals surface area contributed by atoms with E-state index in [2.05, 4.69) is 6.92 Å². The highest BCUT2D eigenvalue weighted by Gasteiger charge is 2.49. The minimum absolute atomic E-state index is 0.0252. The summed E-state index contributed by atoms with van der Waals surface area (Å²) in [6.45, 7) is 4.52. The van der Waals surface area contributed by atoms with Crippen LogP contribution in [0.4, 0.5) is 4.39 Å². The number of methoxy groups -OCH3 is 1. The Hall–Kier alpha value is -2.76. The number of halogens is 1. The minimum atomic E-state index is -0.762. The van der Waals surface area contributed by atoms with Gasteiger partial charge in [-0.2, -0.15) is 0 Å². The second-order valence-corrected chi connectivity index (χ2v) is 9.52. The van der Waals surface area contributed by atoms with Crippen LogP contribution in [0.25, 0.3) is 0 Å². The maximum absolute atomic E-state index is 13.9. The van der Waals surface area contributed by atoms with Gasteiger partial charge in [-0.3, -0.25) is 4.79 Å². The molecule has 0 spiro atoms. The van der Waals surface area contributed by atoms with Gasteiger partial charge in [0.1, 0.15) is 11.5 Å². The van der Waals surface area contributed by atoms with Gasteiger partial charge in [-0.15, -0.1) is 0 Å². The van der Waals surface area contributed by atoms with E-state index in [1.165, 1.54) is 13.2 Å². The molecule has 2 aliphatic carbocycles. The molecular formula is C26H31FO5. The molecule has 2 atom stereocenters. The molecule has 2 aliphatic rings. The largest absolute Gasteiger partial charge is 0.497 e. The number of hydrogen-bond acceptors (Lipinski definition) is 4. The van der Waals surface area contributed by atoms with Crippen LogP contribution >= 0.6 is 0 Å². The van der Waals surface area contributed by atoms with Gasteiger partial charge in [-0.1, -0.05) is 26.0 Å². The maximum atomic E-state index is 13.9. The standard InChI is InChI=1S/C26H31FO5/c1-16(25(28)29)24(26(2)9-10-26)18-5-4-6-20(13-18)31-15-17-11-21(12-17)32-23-14-19(30-3)7-8-22(23)27/h4-8,13-14,16-17,21,24H,9-12,15H2,1-3H3,(H,28,29)/t16-,17?,21?,24-/m0/s1. The lowest BCUT2D eigenvalue weighted by molar-refractivity contribution is -0.142. The highest BCUT2D eigenvalue weighted by molar-refractivity contribution is 5.71. The molecule has 2 saturated carbocycles. The molecule has 0 aliphatic heterocycles. The summed E-state index contributed by atoms with van der Waals surface area (Å²) in [7, 11) is 1.54. The fraction of sp³-hybridized carbons (Fsp3) is 0.500. The molecule has 2 fully saturated rings. The molecule has 2 aromatic rings. The minimum Gasteiger partial charge on any atom is -0.497 e. The van der Waals surface area contributed by atoms with Crippen molar-refractivity contribution in [3.05, 3.63) is 53.8 Å². The van der Waals surface area contributed by atoms with Crippen molar-refractivity contribution in [2.24, 2.45) is 17.3 Å². The summed E-state index contributed by atoms with van der Waals surface area (Å²) in [5.74, 6) is 0.260. The van der Waals surface area contributed by atoms with Gasteiger partial charge in [-0.05, 0) is 66.8 Å². The van der Waals surface area contributed by atoms with Crippen LogP contribution in [0.1, 0.15) is 51.0 Å². The number of aliphatic carboxylic acids is 1. The van der Waals surface area contributed by atoms with Crippen LogP contribution in [-0.2, 0) is 4.79 Å². The molecule has 0 radical (unpaired) electrons. The summed E-state index contributed by atoms with van der Waals surface area (Å²) in [6.07, 6.45) is 3.67. The number of benzene rings is 2. The van der Waals surface area contributed by atoms with Crippen LogP contribution in [-0.4, -0.2) is 30.9 Å². The highest BCUT2D eigenvalue weighted by atomic mass is 19.1. The molecule has 0 bridgehead atoms. The molecule has 0 amide bonds. The fourth-order valence-electron chi connectivity index (χ4n) is 4.74. The second kappa shape index (κ2) is 9.00. The third-order valence-electron chi connectivity index (χ3n) is 7.01. The molecule has 1 N–H and O–H groups in total. The van der Waals surface area contributed by atoms with Gasteiger partial charge in [-0.25, -0.2) is 4.39 Å². The lowest BCUT2D eigenvalue weighted by atomic mass is 9.76. The van der Waals surface area contributed by atoms with E-state index in [0.29, 0.717) is 18.3 Å². The van der Waals surface area contributed by atoms with Crippen LogP contribution in [0.3, 0.4) is 0 Å². The third-order valence-corrected chi connectivity index (χ3v) is 7.01. The zero-order valence-electron chi connectivity index (χ0n) is 18.8. The zero-order chi connectivity index (χ0) is 22.9. The van der Waals surface area contributed by atoms with Gasteiger partial charge in [0.05, 0.1) is 25.7 Å². The first kappa shape index (κ1) is 22.4. The molecule has 5 nitrogen and oxygen atoms in total. The van der Waals surface area contributed by atoms with Crippen LogP contribution in [0.5, 0.6) is 17.2 Å². The smallest absolute Gasteiger partial charge is 0.306 e. The van der Waals surface area contributed by atoms with E-state index in [1.807, 2.05) is 24.3 Å². The van der Waals surface area contributed by atoms with Crippen molar-refractivity contribution in [2.75, 3.05) is 13.7 Å². The summed E-state index contributed by atoms with van der Waals surface area (Å²) in [5.41, 5.74) is 1.07. The van der Waals surface area contributed by atoms with Crippen molar-refractivity contribution < 1.29 is 28.5 Å². The average molecular weight is 443 g/mol. The average Bonchev–Trinajstić information content (AvgIpc) is 3.48. The van der Waals surface area contributed by atoms with Crippen molar-refractivity contribution in [3.63, 3.8) is 0 Å². The Balaban J connectivity index is 1.32. The van der Waals surface area contributed by atoms with E-state index in [-0.39, 0.29) is 23.2 Å². The van der Waals surface area contributed by atoms with Crippen LogP contribution in [0, 0.1) is 23.1 Å². The summed E-state index contributed by atoms with van der Waals surface area (Å²) in [4.78, 5) is 11.7. The van der Waals surface area contributed by atoms with Crippen molar-refractivity contribution >= 4 is 5.97 Å². The number of carbonyl (C=O) groups is 1. The Morgan fingerprint density at radius 1 is 1.19 bits per heavy atom. The van der Waals surface area contributed by atoms with Crippen LogP contribution < -0.4 is 14.2 Å². The van der Waals surface area contributed by atoms with Crippen molar-refractivity contribution in [3.8, 4) is 17.2 Å². The van der Waals surface area contributed by atoms with Gasteiger partial charge in [0.2, 0.25) is 0 Å². The SMILES string of the molecule is COc1ccc(F)c(OC2CC(COc3cccc([C@H]([C@H](C)C(=O)O)C4(C)CC4)c3)C2)c1. The molecule has 0 saturated heterocycles. The van der Waals surface area contributed by atoms with Crippen molar-refractivity contribution in [2.45, 2.75) is 51.6 Å². The topological polar surface area (TPSA) is 65.0 Å². The van der Waals surface area contributed by atoms with Gasteiger partial charge in [0.25, 0.3) is 0 Å². The van der Waals surface area contributed by atoms with E-state index in [0.717, 1.165) is 37.0 Å². The molecule has 0 heterocycles. The Bertz CT molecular complexity index is 964. The lowest BCUT2D eigenvalue weighted by Crippen LogP contribution is -2.37. The number of hydrogen-bond donors (Lipinski definition) is 1. The molecule has 0 aromatic heterocycles. The Kier molecular flexibility index (Phi) is 6.31.